The predicted octanol–water partition coefficient (Wildman–Crippen LogP) is 4.11. The van der Waals surface area contributed by atoms with Gasteiger partial charge in [0.05, 0.1) is 17.7 Å². The number of rotatable bonds is 5. The summed E-state index contributed by atoms with van der Waals surface area (Å²) in [5.41, 5.74) is 0.644. The minimum atomic E-state index is -3.93. The zero-order valence-electron chi connectivity index (χ0n) is 18.6. The Kier molecular flexibility index (Phi) is 6.68. The van der Waals surface area contributed by atoms with Crippen LogP contribution in [0.15, 0.2) is 53.4 Å². The molecule has 9 heteroatoms. The minimum absolute atomic E-state index is 0.00941. The Morgan fingerprint density at radius 1 is 1.09 bits per heavy atom. The van der Waals surface area contributed by atoms with Crippen LogP contribution in [0, 0.1) is 5.92 Å². The van der Waals surface area contributed by atoms with Gasteiger partial charge in [0.15, 0.2) is 0 Å². The van der Waals surface area contributed by atoms with Crippen LogP contribution in [0.2, 0.25) is 5.02 Å². The van der Waals surface area contributed by atoms with Gasteiger partial charge in [-0.2, -0.15) is 0 Å². The number of carbonyl (C=O) groups is 2. The number of sulfonamides is 1. The summed E-state index contributed by atoms with van der Waals surface area (Å²) in [6.45, 7) is 0. The van der Waals surface area contributed by atoms with Crippen molar-refractivity contribution in [2.75, 3.05) is 18.5 Å². The molecule has 7 nitrogen and oxygen atoms in total. The lowest BCUT2D eigenvalue weighted by atomic mass is 9.84. The highest BCUT2D eigenvalue weighted by atomic mass is 35.5. The first-order chi connectivity index (χ1) is 15.7. The molecule has 0 N–H and O–H groups in total. The van der Waals surface area contributed by atoms with Crippen molar-refractivity contribution in [1.29, 1.82) is 0 Å². The number of amides is 1. The molecule has 2 aliphatic rings. The molecule has 2 fully saturated rings. The van der Waals surface area contributed by atoms with Crippen LogP contribution in [-0.2, 0) is 19.6 Å². The molecule has 3 atom stereocenters. The summed E-state index contributed by atoms with van der Waals surface area (Å²) in [4.78, 5) is 27.7. The highest BCUT2D eigenvalue weighted by Crippen LogP contribution is 2.41. The monoisotopic (exact) mass is 490 g/mol. The van der Waals surface area contributed by atoms with Crippen molar-refractivity contribution in [3.63, 3.8) is 0 Å². The van der Waals surface area contributed by atoms with E-state index in [0.29, 0.717) is 17.1 Å². The minimum Gasteiger partial charge on any atom is -0.467 e. The van der Waals surface area contributed by atoms with E-state index in [4.69, 9.17) is 16.3 Å². The van der Waals surface area contributed by atoms with Gasteiger partial charge in [-0.15, -0.1) is 0 Å². The third-order valence-corrected chi connectivity index (χ3v) is 8.72. The summed E-state index contributed by atoms with van der Waals surface area (Å²) in [5.74, 6) is -0.517. The molecule has 2 aromatic rings. The molecule has 176 valence electrons. The van der Waals surface area contributed by atoms with Gasteiger partial charge in [0.2, 0.25) is 0 Å². The highest BCUT2D eigenvalue weighted by Gasteiger charge is 2.48. The average Bonchev–Trinajstić information content (AvgIpc) is 3.22. The van der Waals surface area contributed by atoms with Crippen LogP contribution in [0.25, 0.3) is 0 Å². The van der Waals surface area contributed by atoms with Crippen LogP contribution >= 0.6 is 11.6 Å². The summed E-state index contributed by atoms with van der Waals surface area (Å²) in [7, 11) is -1.17. The summed E-state index contributed by atoms with van der Waals surface area (Å²) in [6, 6.07) is 11.8. The van der Waals surface area contributed by atoms with Gasteiger partial charge in [-0.05, 0) is 61.6 Å². The van der Waals surface area contributed by atoms with E-state index in [1.165, 1.54) is 26.3 Å². The molecular formula is C24H27ClN2O5S. The maximum atomic E-state index is 13.6. The Balaban J connectivity index is 1.66. The molecule has 0 bridgehead atoms. The maximum Gasteiger partial charge on any atom is 0.328 e. The van der Waals surface area contributed by atoms with E-state index in [0.717, 1.165) is 30.0 Å². The number of methoxy groups -OCH3 is 1. The van der Waals surface area contributed by atoms with Crippen LogP contribution < -0.4 is 4.31 Å². The quantitative estimate of drug-likeness (QED) is 0.589. The van der Waals surface area contributed by atoms with Crippen LogP contribution in [0.3, 0.4) is 0 Å². The lowest BCUT2D eigenvalue weighted by Crippen LogP contribution is -2.46. The van der Waals surface area contributed by atoms with E-state index in [1.807, 2.05) is 0 Å². The highest BCUT2D eigenvalue weighted by molar-refractivity contribution is 7.92. The lowest BCUT2D eigenvalue weighted by Gasteiger charge is -2.33. The number of esters is 1. The zero-order chi connectivity index (χ0) is 23.8. The fourth-order valence-corrected chi connectivity index (χ4v) is 6.42. The smallest absolute Gasteiger partial charge is 0.328 e. The topological polar surface area (TPSA) is 84.0 Å². The second kappa shape index (κ2) is 9.35. The number of carbonyl (C=O) groups excluding carboxylic acids is 2. The number of fused-ring (bicyclic) bond motifs is 1. The first kappa shape index (κ1) is 23.6. The van der Waals surface area contributed by atoms with Gasteiger partial charge in [-0.3, -0.25) is 9.10 Å². The number of hydrogen-bond acceptors (Lipinski definition) is 5. The largest absolute Gasteiger partial charge is 0.467 e. The third kappa shape index (κ3) is 4.46. The molecule has 0 spiro atoms. The molecule has 1 aliphatic heterocycles. The van der Waals surface area contributed by atoms with Crippen molar-refractivity contribution in [2.45, 2.75) is 49.1 Å². The van der Waals surface area contributed by atoms with Gasteiger partial charge in [0, 0.05) is 23.7 Å². The molecule has 1 amide bonds. The molecule has 4 rings (SSSR count). The van der Waals surface area contributed by atoms with Gasteiger partial charge >= 0.3 is 5.97 Å². The number of anilines is 1. The molecular weight excluding hydrogens is 464 g/mol. The van der Waals surface area contributed by atoms with Crippen molar-refractivity contribution in [1.82, 2.24) is 4.90 Å². The molecule has 1 saturated carbocycles. The van der Waals surface area contributed by atoms with E-state index in [-0.39, 0.29) is 28.3 Å². The van der Waals surface area contributed by atoms with Crippen LogP contribution in [0.5, 0.6) is 0 Å². The molecule has 33 heavy (non-hydrogen) atoms. The standard InChI is InChI=1S/C24H27ClN2O5S/c1-26(19-10-6-9-18(25)15-19)33(30,31)20-11-5-8-17(13-20)23(28)27-21-12-4-3-7-16(21)14-22(27)24(29)32-2/h5-6,8-11,13,15-16,21-22H,3-4,7,12,14H2,1-2H3/t16-,21+,22+/m1/s1. The number of halogens is 1. The van der Waals surface area contributed by atoms with Crippen LogP contribution in [0.4, 0.5) is 5.69 Å². The SMILES string of the molecule is COC(=O)[C@@H]1C[C@H]2CCCC[C@@H]2N1C(=O)c1cccc(S(=O)(=O)N(C)c2cccc(Cl)c2)c1. The number of ether oxygens (including phenoxy) is 1. The number of hydrogen-bond donors (Lipinski definition) is 0. The predicted molar refractivity (Wildman–Crippen MR) is 126 cm³/mol. The van der Waals surface area contributed by atoms with Crippen molar-refractivity contribution in [2.24, 2.45) is 5.92 Å². The zero-order valence-corrected chi connectivity index (χ0v) is 20.2. The molecule has 1 heterocycles. The Labute approximate surface area is 199 Å². The fourth-order valence-electron chi connectivity index (χ4n) is 5.01. The van der Waals surface area contributed by atoms with Gasteiger partial charge in [0.25, 0.3) is 15.9 Å². The summed E-state index contributed by atoms with van der Waals surface area (Å²) in [6.07, 6.45) is 4.47. The molecule has 1 saturated heterocycles. The van der Waals surface area contributed by atoms with E-state index in [1.54, 1.807) is 41.3 Å². The fraction of sp³-hybridized carbons (Fsp3) is 0.417. The van der Waals surface area contributed by atoms with Crippen molar-refractivity contribution >= 4 is 39.2 Å². The van der Waals surface area contributed by atoms with Gasteiger partial charge in [-0.25, -0.2) is 13.2 Å². The Morgan fingerprint density at radius 3 is 2.55 bits per heavy atom. The molecule has 2 aromatic carbocycles. The Bertz CT molecular complexity index is 1170. The van der Waals surface area contributed by atoms with Crippen molar-refractivity contribution < 1.29 is 22.7 Å². The molecule has 0 radical (unpaired) electrons. The maximum absolute atomic E-state index is 13.6. The second-order valence-electron chi connectivity index (χ2n) is 8.58. The molecule has 0 unspecified atom stereocenters. The van der Waals surface area contributed by atoms with Crippen LogP contribution in [-0.4, -0.2) is 51.4 Å². The average molecular weight is 491 g/mol. The third-order valence-electron chi connectivity index (χ3n) is 6.71. The number of nitrogens with zero attached hydrogens (tertiary/aromatic N) is 2. The lowest BCUT2D eigenvalue weighted by molar-refractivity contribution is -0.145. The first-order valence-electron chi connectivity index (χ1n) is 11.0. The van der Waals surface area contributed by atoms with E-state index in [2.05, 4.69) is 0 Å². The summed E-state index contributed by atoms with van der Waals surface area (Å²) < 4.78 is 32.7. The Hall–Kier alpha value is -2.58. The van der Waals surface area contributed by atoms with Crippen molar-refractivity contribution in [3.8, 4) is 0 Å². The van der Waals surface area contributed by atoms with E-state index >= 15 is 0 Å². The van der Waals surface area contributed by atoms with E-state index < -0.39 is 22.0 Å². The van der Waals surface area contributed by atoms with Crippen LogP contribution in [0.1, 0.15) is 42.5 Å². The Morgan fingerprint density at radius 2 is 1.82 bits per heavy atom. The van der Waals surface area contributed by atoms with E-state index in [9.17, 15) is 18.0 Å². The van der Waals surface area contributed by atoms with Gasteiger partial charge in [-0.1, -0.05) is 36.6 Å². The van der Waals surface area contributed by atoms with Gasteiger partial charge in [0.1, 0.15) is 6.04 Å². The summed E-state index contributed by atoms with van der Waals surface area (Å²) >= 11 is 6.02. The summed E-state index contributed by atoms with van der Waals surface area (Å²) in [5, 5.41) is 0.420. The number of benzene rings is 2. The van der Waals surface area contributed by atoms with Crippen molar-refractivity contribution in [3.05, 3.63) is 59.1 Å². The molecule has 1 aliphatic carbocycles. The molecule has 0 aromatic heterocycles. The normalized spacial score (nSPS) is 22.5. The van der Waals surface area contributed by atoms with Gasteiger partial charge < -0.3 is 9.64 Å². The number of likely N-dealkylation sites (tertiary alicyclic amines) is 1. The second-order valence-corrected chi connectivity index (χ2v) is 11.0. The first-order valence-corrected chi connectivity index (χ1v) is 12.8.